The Morgan fingerprint density at radius 3 is 3.07 bits per heavy atom. The van der Waals surface area contributed by atoms with Gasteiger partial charge in [-0.15, -0.1) is 0 Å². The van der Waals surface area contributed by atoms with Crippen LogP contribution in [0.1, 0.15) is 37.7 Å². The lowest BCUT2D eigenvalue weighted by Crippen LogP contribution is -2.22. The second kappa shape index (κ2) is 3.73. The third-order valence-corrected chi connectivity index (χ3v) is 3.00. The van der Waals surface area contributed by atoms with Gasteiger partial charge < -0.3 is 9.67 Å². The molecule has 1 atom stereocenters. The molecule has 1 aliphatic heterocycles. The van der Waals surface area contributed by atoms with Gasteiger partial charge in [-0.25, -0.2) is 4.98 Å². The maximum atomic E-state index is 9.10. The van der Waals surface area contributed by atoms with Crippen molar-refractivity contribution in [3.05, 3.63) is 17.7 Å². The molecular weight excluding hydrogens is 176 g/mol. The first-order valence-electron chi connectivity index (χ1n) is 5.37. The third-order valence-electron chi connectivity index (χ3n) is 3.00. The second-order valence-corrected chi connectivity index (χ2v) is 4.46. The molecule has 0 aliphatic carbocycles. The molecule has 0 amide bonds. The third kappa shape index (κ3) is 1.57. The minimum atomic E-state index is 0.308. The zero-order chi connectivity index (χ0) is 10.1. The summed E-state index contributed by atoms with van der Waals surface area (Å²) in [5.74, 6) is 2.13. The SMILES string of the molecule is CC(C)c1ncc2n1CCC(CO)C2. The lowest BCUT2D eigenvalue weighted by molar-refractivity contribution is 0.200. The molecule has 0 aromatic carbocycles. The Labute approximate surface area is 84.8 Å². The number of nitrogens with zero attached hydrogens (tertiary/aromatic N) is 2. The Morgan fingerprint density at radius 2 is 2.43 bits per heavy atom. The van der Waals surface area contributed by atoms with Gasteiger partial charge in [0.25, 0.3) is 0 Å². The first kappa shape index (κ1) is 9.71. The molecule has 0 saturated heterocycles. The van der Waals surface area contributed by atoms with Crippen molar-refractivity contribution < 1.29 is 5.11 Å². The van der Waals surface area contributed by atoms with Crippen molar-refractivity contribution in [3.8, 4) is 0 Å². The van der Waals surface area contributed by atoms with E-state index in [1.165, 1.54) is 11.5 Å². The Morgan fingerprint density at radius 1 is 1.64 bits per heavy atom. The van der Waals surface area contributed by atoms with Gasteiger partial charge in [0.2, 0.25) is 0 Å². The molecular formula is C11H18N2O. The van der Waals surface area contributed by atoms with E-state index in [9.17, 15) is 0 Å². The summed E-state index contributed by atoms with van der Waals surface area (Å²) in [7, 11) is 0. The number of rotatable bonds is 2. The Bertz CT molecular complexity index is 317. The van der Waals surface area contributed by atoms with Crippen LogP contribution in [0.2, 0.25) is 0 Å². The first-order valence-corrected chi connectivity index (χ1v) is 5.37. The molecule has 2 heterocycles. The lowest BCUT2D eigenvalue weighted by Gasteiger charge is -2.24. The van der Waals surface area contributed by atoms with Gasteiger partial charge in [-0.2, -0.15) is 0 Å². The van der Waals surface area contributed by atoms with Gasteiger partial charge in [0.05, 0.1) is 0 Å². The van der Waals surface area contributed by atoms with Crippen LogP contribution >= 0.6 is 0 Å². The predicted octanol–water partition coefficient (Wildman–Crippen LogP) is 1.56. The van der Waals surface area contributed by atoms with Crippen molar-refractivity contribution >= 4 is 0 Å². The summed E-state index contributed by atoms with van der Waals surface area (Å²) in [6.45, 7) is 5.68. The zero-order valence-electron chi connectivity index (χ0n) is 8.90. The van der Waals surface area contributed by atoms with Crippen LogP contribution in [-0.2, 0) is 13.0 Å². The number of imidazole rings is 1. The molecule has 0 radical (unpaired) electrons. The molecule has 1 unspecified atom stereocenters. The van der Waals surface area contributed by atoms with Crippen LogP contribution < -0.4 is 0 Å². The molecule has 14 heavy (non-hydrogen) atoms. The van der Waals surface area contributed by atoms with E-state index in [4.69, 9.17) is 5.11 Å². The van der Waals surface area contributed by atoms with Crippen molar-refractivity contribution in [2.75, 3.05) is 6.61 Å². The smallest absolute Gasteiger partial charge is 0.111 e. The van der Waals surface area contributed by atoms with Crippen LogP contribution in [0, 0.1) is 5.92 Å². The van der Waals surface area contributed by atoms with Gasteiger partial charge in [-0.05, 0) is 18.8 Å². The molecule has 0 saturated carbocycles. The van der Waals surface area contributed by atoms with Crippen molar-refractivity contribution in [1.82, 2.24) is 9.55 Å². The fourth-order valence-corrected chi connectivity index (χ4v) is 2.17. The van der Waals surface area contributed by atoms with Crippen molar-refractivity contribution in [3.63, 3.8) is 0 Å². The summed E-state index contributed by atoms with van der Waals surface area (Å²) in [5, 5.41) is 9.10. The molecule has 0 spiro atoms. The average molecular weight is 194 g/mol. The van der Waals surface area contributed by atoms with Crippen LogP contribution in [0.5, 0.6) is 0 Å². The maximum absolute atomic E-state index is 9.10. The Kier molecular flexibility index (Phi) is 2.59. The topological polar surface area (TPSA) is 38.0 Å². The van der Waals surface area contributed by atoms with E-state index in [1.54, 1.807) is 0 Å². The molecule has 1 aromatic rings. The minimum Gasteiger partial charge on any atom is -0.396 e. The number of fused-ring (bicyclic) bond motifs is 1. The molecule has 1 aliphatic rings. The highest BCUT2D eigenvalue weighted by atomic mass is 16.3. The fourth-order valence-electron chi connectivity index (χ4n) is 2.17. The number of hydrogen-bond donors (Lipinski definition) is 1. The van der Waals surface area contributed by atoms with Crippen molar-refractivity contribution in [2.45, 2.75) is 39.2 Å². The average Bonchev–Trinajstić information content (AvgIpc) is 2.59. The normalized spacial score (nSPS) is 21.3. The highest BCUT2D eigenvalue weighted by Gasteiger charge is 2.21. The first-order chi connectivity index (χ1) is 6.72. The van der Waals surface area contributed by atoms with Gasteiger partial charge in [0.15, 0.2) is 0 Å². The summed E-state index contributed by atoms with van der Waals surface area (Å²) >= 11 is 0. The summed E-state index contributed by atoms with van der Waals surface area (Å²) in [5.41, 5.74) is 1.29. The highest BCUT2D eigenvalue weighted by molar-refractivity contribution is 5.11. The van der Waals surface area contributed by atoms with E-state index < -0.39 is 0 Å². The van der Waals surface area contributed by atoms with Gasteiger partial charge in [-0.3, -0.25) is 0 Å². The van der Waals surface area contributed by atoms with Crippen LogP contribution in [0.4, 0.5) is 0 Å². The summed E-state index contributed by atoms with van der Waals surface area (Å²) in [6.07, 6.45) is 4.03. The van der Waals surface area contributed by atoms with Gasteiger partial charge >= 0.3 is 0 Å². The predicted molar refractivity (Wildman–Crippen MR) is 55.2 cm³/mol. The molecule has 1 N–H and O–H groups in total. The molecule has 3 heteroatoms. The molecule has 78 valence electrons. The number of aromatic nitrogens is 2. The van der Waals surface area contributed by atoms with E-state index >= 15 is 0 Å². The summed E-state index contributed by atoms with van der Waals surface area (Å²) in [6, 6.07) is 0. The fraction of sp³-hybridized carbons (Fsp3) is 0.727. The van der Waals surface area contributed by atoms with Crippen molar-refractivity contribution in [2.24, 2.45) is 5.92 Å². The van der Waals surface area contributed by atoms with Gasteiger partial charge in [0.1, 0.15) is 5.82 Å². The van der Waals surface area contributed by atoms with Crippen LogP contribution in [0.25, 0.3) is 0 Å². The highest BCUT2D eigenvalue weighted by Crippen LogP contribution is 2.24. The largest absolute Gasteiger partial charge is 0.396 e. The van der Waals surface area contributed by atoms with Crippen LogP contribution in [0.15, 0.2) is 6.20 Å². The number of aliphatic hydroxyl groups is 1. The van der Waals surface area contributed by atoms with E-state index in [0.717, 1.165) is 19.4 Å². The van der Waals surface area contributed by atoms with Crippen LogP contribution in [0.3, 0.4) is 0 Å². The Hall–Kier alpha value is -0.830. The molecule has 0 bridgehead atoms. The second-order valence-electron chi connectivity index (χ2n) is 4.46. The lowest BCUT2D eigenvalue weighted by atomic mass is 9.97. The van der Waals surface area contributed by atoms with E-state index in [1.807, 2.05) is 6.20 Å². The molecule has 3 nitrogen and oxygen atoms in total. The zero-order valence-corrected chi connectivity index (χ0v) is 8.90. The summed E-state index contributed by atoms with van der Waals surface area (Å²) in [4.78, 5) is 4.45. The molecule has 0 fully saturated rings. The molecule has 2 rings (SSSR count). The standard InChI is InChI=1S/C11H18N2O/c1-8(2)11-12-6-10-5-9(7-14)3-4-13(10)11/h6,8-9,14H,3-5,7H2,1-2H3. The minimum absolute atomic E-state index is 0.308. The van der Waals surface area contributed by atoms with E-state index in [-0.39, 0.29) is 0 Å². The van der Waals surface area contributed by atoms with Gasteiger partial charge in [0, 0.05) is 31.0 Å². The van der Waals surface area contributed by atoms with Gasteiger partial charge in [-0.1, -0.05) is 13.8 Å². The summed E-state index contributed by atoms with van der Waals surface area (Å²) < 4.78 is 2.32. The van der Waals surface area contributed by atoms with E-state index in [2.05, 4.69) is 23.4 Å². The van der Waals surface area contributed by atoms with Crippen molar-refractivity contribution in [1.29, 1.82) is 0 Å². The molecule has 1 aromatic heterocycles. The quantitative estimate of drug-likeness (QED) is 0.776. The monoisotopic (exact) mass is 194 g/mol. The number of aliphatic hydroxyl groups excluding tert-OH is 1. The maximum Gasteiger partial charge on any atom is 0.111 e. The number of hydrogen-bond acceptors (Lipinski definition) is 2. The Balaban J connectivity index is 2.25. The van der Waals surface area contributed by atoms with E-state index in [0.29, 0.717) is 18.4 Å². The van der Waals surface area contributed by atoms with Crippen LogP contribution in [-0.4, -0.2) is 21.3 Å².